The number of ketones is 1. The topological polar surface area (TPSA) is 32.7 Å². The summed E-state index contributed by atoms with van der Waals surface area (Å²) in [5.74, 6) is 0.142. The molecule has 0 aliphatic carbocycles. The molecule has 3 nitrogen and oxygen atoms in total. The van der Waals surface area contributed by atoms with E-state index in [1.165, 1.54) is 0 Å². The fourth-order valence-electron chi connectivity index (χ4n) is 2.45. The highest BCUT2D eigenvalue weighted by atomic mass is 16.1. The molecule has 0 spiro atoms. The first-order chi connectivity index (χ1) is 9.75. The Morgan fingerprint density at radius 1 is 1.05 bits per heavy atom. The fraction of sp³-hybridized carbons (Fsp3) is 0.176. The van der Waals surface area contributed by atoms with Crippen molar-refractivity contribution >= 4 is 17.2 Å². The van der Waals surface area contributed by atoms with E-state index in [-0.39, 0.29) is 11.8 Å². The van der Waals surface area contributed by atoms with Gasteiger partial charge < -0.3 is 0 Å². The van der Waals surface area contributed by atoms with Crippen LogP contribution in [0.5, 0.6) is 0 Å². The third-order valence-corrected chi connectivity index (χ3v) is 3.51. The molecule has 0 aromatic heterocycles. The molecule has 20 heavy (non-hydrogen) atoms. The zero-order chi connectivity index (χ0) is 13.9. The van der Waals surface area contributed by atoms with E-state index >= 15 is 0 Å². The number of Topliss-reactive ketones (excluding diaryl/α,β-unsaturated/α-hetero) is 1. The molecule has 0 N–H and O–H groups in total. The fourth-order valence-corrected chi connectivity index (χ4v) is 2.45. The summed E-state index contributed by atoms with van der Waals surface area (Å²) in [6.07, 6.45) is 0.661. The van der Waals surface area contributed by atoms with Gasteiger partial charge in [0.15, 0.2) is 5.78 Å². The predicted octanol–water partition coefficient (Wildman–Crippen LogP) is 3.26. The lowest BCUT2D eigenvalue weighted by molar-refractivity contribution is -0.118. The van der Waals surface area contributed by atoms with Gasteiger partial charge in [-0.3, -0.25) is 9.80 Å². The van der Waals surface area contributed by atoms with Crippen molar-refractivity contribution < 1.29 is 4.79 Å². The Kier molecular flexibility index (Phi) is 3.33. The van der Waals surface area contributed by atoms with Gasteiger partial charge in [-0.2, -0.15) is 5.10 Å². The lowest BCUT2D eigenvalue weighted by Gasteiger charge is -2.20. The minimum Gasteiger partial charge on any atom is -0.298 e. The Balaban J connectivity index is 1.98. The maximum Gasteiger partial charge on any atom is 0.154 e. The smallest absolute Gasteiger partial charge is 0.154 e. The maximum atomic E-state index is 11.9. The first kappa shape index (κ1) is 12.6. The van der Waals surface area contributed by atoms with Crippen molar-refractivity contribution in [3.63, 3.8) is 0 Å². The zero-order valence-electron chi connectivity index (χ0n) is 11.4. The molecule has 0 amide bonds. The molecule has 0 fully saturated rings. The van der Waals surface area contributed by atoms with Crippen molar-refractivity contribution in [2.45, 2.75) is 19.4 Å². The second kappa shape index (κ2) is 5.29. The first-order valence-corrected chi connectivity index (χ1v) is 6.73. The number of hydrogen-bond acceptors (Lipinski definition) is 3. The third-order valence-electron chi connectivity index (χ3n) is 3.51. The molecule has 2 aromatic carbocycles. The zero-order valence-corrected chi connectivity index (χ0v) is 11.4. The number of benzene rings is 2. The Labute approximate surface area is 118 Å². The van der Waals surface area contributed by atoms with Crippen LogP contribution in [0.2, 0.25) is 0 Å². The highest BCUT2D eigenvalue weighted by molar-refractivity contribution is 6.07. The number of para-hydroxylation sites is 1. The lowest BCUT2D eigenvalue weighted by Crippen LogP contribution is -2.32. The van der Waals surface area contributed by atoms with Crippen LogP contribution in [0.15, 0.2) is 65.8 Å². The van der Waals surface area contributed by atoms with E-state index in [9.17, 15) is 4.79 Å². The molecule has 1 aliphatic rings. The number of carbonyl (C=O) groups is 1. The van der Waals surface area contributed by atoms with Crippen molar-refractivity contribution in [3.05, 3.63) is 66.2 Å². The number of rotatable bonds is 3. The van der Waals surface area contributed by atoms with Gasteiger partial charge in [0.05, 0.1) is 11.4 Å². The highest BCUT2D eigenvalue weighted by Crippen LogP contribution is 2.26. The maximum absolute atomic E-state index is 11.9. The Bertz CT molecular complexity index is 635. The van der Waals surface area contributed by atoms with E-state index in [1.54, 1.807) is 6.92 Å². The summed E-state index contributed by atoms with van der Waals surface area (Å²) in [4.78, 5) is 11.9. The summed E-state index contributed by atoms with van der Waals surface area (Å²) in [5, 5.41) is 6.50. The number of carbonyl (C=O) groups excluding carboxylic acids is 1. The minimum absolute atomic E-state index is 0.142. The second-order valence-electron chi connectivity index (χ2n) is 4.92. The molecular formula is C17H16N2O. The lowest BCUT2D eigenvalue weighted by atomic mass is 10.0. The molecule has 0 unspecified atom stereocenters. The van der Waals surface area contributed by atoms with Crippen molar-refractivity contribution in [2.75, 3.05) is 5.01 Å². The SMILES string of the molecule is CC(=O)[C@@H]1CC(c2ccccc2)=NN1c1ccccc1. The normalized spacial score (nSPS) is 17.9. The van der Waals surface area contributed by atoms with Crippen molar-refractivity contribution in [1.29, 1.82) is 0 Å². The standard InChI is InChI=1S/C17H16N2O/c1-13(20)17-12-16(14-8-4-2-5-9-14)18-19(17)15-10-6-3-7-11-15/h2-11,17H,12H2,1H3/t17-/m0/s1. The van der Waals surface area contributed by atoms with Crippen molar-refractivity contribution in [1.82, 2.24) is 0 Å². The van der Waals surface area contributed by atoms with Gasteiger partial charge in [0, 0.05) is 6.42 Å². The summed E-state index contributed by atoms with van der Waals surface area (Å²) in [6.45, 7) is 1.63. The van der Waals surface area contributed by atoms with E-state index in [1.807, 2.05) is 65.7 Å². The number of hydrazone groups is 1. The van der Waals surface area contributed by atoms with Crippen molar-refractivity contribution in [2.24, 2.45) is 5.10 Å². The summed E-state index contributed by atoms with van der Waals surface area (Å²) in [5.41, 5.74) is 3.01. The summed E-state index contributed by atoms with van der Waals surface area (Å²) in [7, 11) is 0. The van der Waals surface area contributed by atoms with Crippen molar-refractivity contribution in [3.8, 4) is 0 Å². The van der Waals surface area contributed by atoms with Crippen LogP contribution in [0, 0.1) is 0 Å². The molecule has 100 valence electrons. The Hall–Kier alpha value is -2.42. The van der Waals surface area contributed by atoms with E-state index in [2.05, 4.69) is 5.10 Å². The van der Waals surface area contributed by atoms with Crippen LogP contribution in [0.4, 0.5) is 5.69 Å². The van der Waals surface area contributed by atoms with Gasteiger partial charge in [-0.15, -0.1) is 0 Å². The van der Waals surface area contributed by atoms with E-state index < -0.39 is 0 Å². The summed E-state index contributed by atoms with van der Waals surface area (Å²) in [6, 6.07) is 19.7. The molecule has 3 rings (SSSR count). The molecule has 1 atom stereocenters. The molecule has 0 saturated heterocycles. The Morgan fingerprint density at radius 3 is 2.25 bits per heavy atom. The molecule has 3 heteroatoms. The highest BCUT2D eigenvalue weighted by Gasteiger charge is 2.31. The number of nitrogens with zero attached hydrogens (tertiary/aromatic N) is 2. The van der Waals surface area contributed by atoms with Gasteiger partial charge in [0.2, 0.25) is 0 Å². The molecule has 0 saturated carbocycles. The van der Waals surface area contributed by atoms with Crippen LogP contribution in [-0.2, 0) is 4.79 Å². The van der Waals surface area contributed by atoms with Crippen LogP contribution < -0.4 is 5.01 Å². The summed E-state index contributed by atoms with van der Waals surface area (Å²) < 4.78 is 0. The van der Waals surface area contributed by atoms with Gasteiger partial charge >= 0.3 is 0 Å². The average molecular weight is 264 g/mol. The van der Waals surface area contributed by atoms with Crippen LogP contribution in [0.3, 0.4) is 0 Å². The quantitative estimate of drug-likeness (QED) is 0.852. The van der Waals surface area contributed by atoms with Crippen LogP contribution >= 0.6 is 0 Å². The molecule has 2 aromatic rings. The summed E-state index contributed by atoms with van der Waals surface area (Å²) >= 11 is 0. The van der Waals surface area contributed by atoms with Crippen LogP contribution in [-0.4, -0.2) is 17.5 Å². The monoisotopic (exact) mass is 264 g/mol. The molecule has 1 aliphatic heterocycles. The molecule has 1 heterocycles. The Morgan fingerprint density at radius 2 is 1.65 bits per heavy atom. The molecule has 0 radical (unpaired) electrons. The predicted molar refractivity (Wildman–Crippen MR) is 81.0 cm³/mol. The second-order valence-corrected chi connectivity index (χ2v) is 4.92. The van der Waals surface area contributed by atoms with Gasteiger partial charge in [-0.25, -0.2) is 0 Å². The van der Waals surface area contributed by atoms with Gasteiger partial charge in [-0.1, -0.05) is 48.5 Å². The van der Waals surface area contributed by atoms with Gasteiger partial charge in [0.1, 0.15) is 6.04 Å². The average Bonchev–Trinajstić information content (AvgIpc) is 2.94. The number of anilines is 1. The van der Waals surface area contributed by atoms with Crippen LogP contribution in [0.1, 0.15) is 18.9 Å². The largest absolute Gasteiger partial charge is 0.298 e. The third kappa shape index (κ3) is 2.35. The van der Waals surface area contributed by atoms with E-state index in [0.29, 0.717) is 6.42 Å². The first-order valence-electron chi connectivity index (χ1n) is 6.73. The van der Waals surface area contributed by atoms with Gasteiger partial charge in [-0.05, 0) is 24.6 Å². The van der Waals surface area contributed by atoms with Gasteiger partial charge in [0.25, 0.3) is 0 Å². The number of hydrogen-bond donors (Lipinski definition) is 0. The van der Waals surface area contributed by atoms with Crippen LogP contribution in [0.25, 0.3) is 0 Å². The molecular weight excluding hydrogens is 248 g/mol. The van der Waals surface area contributed by atoms with E-state index in [0.717, 1.165) is 17.0 Å². The molecule has 0 bridgehead atoms. The minimum atomic E-state index is -0.201. The van der Waals surface area contributed by atoms with E-state index in [4.69, 9.17) is 0 Å².